The normalized spacial score (nSPS) is 14.8. The first-order valence-corrected chi connectivity index (χ1v) is 9.30. The number of aromatic hydroxyl groups is 1. The minimum absolute atomic E-state index is 0.0239. The van der Waals surface area contributed by atoms with Gasteiger partial charge in [-0.2, -0.15) is 0 Å². The molecule has 8 heteroatoms. The van der Waals surface area contributed by atoms with E-state index in [0.29, 0.717) is 29.3 Å². The summed E-state index contributed by atoms with van der Waals surface area (Å²) in [6.45, 7) is 0.514. The fourth-order valence-corrected chi connectivity index (χ4v) is 3.61. The zero-order valence-electron chi connectivity index (χ0n) is 15.6. The quantitative estimate of drug-likeness (QED) is 0.593. The van der Waals surface area contributed by atoms with Gasteiger partial charge in [-0.1, -0.05) is 6.42 Å². The number of carbonyl (C=O) groups is 1. The van der Waals surface area contributed by atoms with E-state index in [-0.39, 0.29) is 22.5 Å². The molecule has 29 heavy (non-hydrogen) atoms. The van der Waals surface area contributed by atoms with Gasteiger partial charge in [0.05, 0.1) is 17.0 Å². The summed E-state index contributed by atoms with van der Waals surface area (Å²) in [4.78, 5) is 15.7. The highest BCUT2D eigenvalue weighted by molar-refractivity contribution is 5.96. The number of aromatic nitrogens is 3. The van der Waals surface area contributed by atoms with E-state index >= 15 is 0 Å². The molecule has 4 rings (SSSR count). The van der Waals surface area contributed by atoms with E-state index in [0.717, 1.165) is 19.3 Å². The number of anilines is 1. The lowest BCUT2D eigenvalue weighted by Gasteiger charge is -2.41. The van der Waals surface area contributed by atoms with Gasteiger partial charge in [-0.05, 0) is 55.3 Å². The van der Waals surface area contributed by atoms with Gasteiger partial charge in [-0.15, -0.1) is 10.2 Å². The van der Waals surface area contributed by atoms with Crippen LogP contribution in [0.5, 0.6) is 5.75 Å². The summed E-state index contributed by atoms with van der Waals surface area (Å²) in [5, 5.41) is 21.3. The summed E-state index contributed by atoms with van der Waals surface area (Å²) < 4.78 is 14.2. The molecule has 1 amide bonds. The Bertz CT molecular complexity index is 1050. The fourth-order valence-electron chi connectivity index (χ4n) is 3.61. The molecule has 0 saturated heterocycles. The Morgan fingerprint density at radius 2 is 2.03 bits per heavy atom. The van der Waals surface area contributed by atoms with E-state index in [1.165, 1.54) is 18.2 Å². The minimum atomic E-state index is -0.719. The number of hydrogen-bond acceptors (Lipinski definition) is 6. The number of nitrogens with zero attached hydrogens (tertiary/aromatic N) is 3. The third-order valence-corrected chi connectivity index (χ3v) is 5.40. The van der Waals surface area contributed by atoms with E-state index in [1.807, 2.05) is 0 Å². The lowest BCUT2D eigenvalue weighted by molar-refractivity contribution is 0.0998. The highest BCUT2D eigenvalue weighted by atomic mass is 19.1. The summed E-state index contributed by atoms with van der Waals surface area (Å²) in [5.74, 6) is -0.624. The number of carbonyl (C=O) groups excluding carboxylic acids is 1. The van der Waals surface area contributed by atoms with E-state index in [9.17, 15) is 14.3 Å². The lowest BCUT2D eigenvalue weighted by atomic mass is 9.66. The van der Waals surface area contributed by atoms with Crippen molar-refractivity contribution < 1.29 is 14.3 Å². The van der Waals surface area contributed by atoms with Gasteiger partial charge in [0.15, 0.2) is 0 Å². The van der Waals surface area contributed by atoms with Crippen molar-refractivity contribution in [1.82, 2.24) is 15.2 Å². The summed E-state index contributed by atoms with van der Waals surface area (Å²) in [6, 6.07) is 11.0. The molecule has 2 heterocycles. The Labute approximate surface area is 166 Å². The van der Waals surface area contributed by atoms with E-state index in [1.54, 1.807) is 30.5 Å². The van der Waals surface area contributed by atoms with Crippen LogP contribution in [0.1, 0.15) is 35.3 Å². The van der Waals surface area contributed by atoms with Crippen LogP contribution >= 0.6 is 0 Å². The van der Waals surface area contributed by atoms with Gasteiger partial charge in [0.25, 0.3) is 5.91 Å². The number of nitrogens with two attached hydrogens (primary N) is 1. The van der Waals surface area contributed by atoms with Crippen molar-refractivity contribution >= 4 is 11.7 Å². The maximum Gasteiger partial charge on any atom is 0.252 e. The van der Waals surface area contributed by atoms with Crippen LogP contribution in [0, 0.1) is 5.82 Å². The first-order valence-electron chi connectivity index (χ1n) is 9.30. The standard InChI is InChI=1S/C21H20FN5O2/c22-15-3-1-10-24-19(15)21(8-2-9-21)12-25-18-7-5-16(26-27-18)13-4-6-17(28)14(11-13)20(23)29/h1,3-7,10-11,28H,2,8-9,12H2,(H2,23,29)(H,25,27). The van der Waals surface area contributed by atoms with Gasteiger partial charge >= 0.3 is 0 Å². The Hall–Kier alpha value is -3.55. The third-order valence-electron chi connectivity index (χ3n) is 5.40. The molecule has 1 aliphatic carbocycles. The zero-order chi connectivity index (χ0) is 20.4. The molecule has 3 aromatic rings. The van der Waals surface area contributed by atoms with E-state index in [4.69, 9.17) is 5.73 Å². The maximum absolute atomic E-state index is 14.2. The molecule has 4 N–H and O–H groups in total. The van der Waals surface area contributed by atoms with Gasteiger partial charge in [-0.3, -0.25) is 9.78 Å². The monoisotopic (exact) mass is 393 g/mol. The SMILES string of the molecule is NC(=O)c1cc(-c2ccc(NCC3(c4ncccc4F)CCC3)nn2)ccc1O. The van der Waals surface area contributed by atoms with Crippen LogP contribution in [0.3, 0.4) is 0 Å². The number of hydrogen-bond donors (Lipinski definition) is 3. The van der Waals surface area contributed by atoms with Gasteiger partial charge in [0.2, 0.25) is 0 Å². The topological polar surface area (TPSA) is 114 Å². The second-order valence-corrected chi connectivity index (χ2v) is 7.22. The average Bonchev–Trinajstić information content (AvgIpc) is 2.69. The molecule has 1 fully saturated rings. The average molecular weight is 393 g/mol. The van der Waals surface area contributed by atoms with E-state index in [2.05, 4.69) is 20.5 Å². The fraction of sp³-hybridized carbons (Fsp3) is 0.238. The number of phenols is 1. The number of benzene rings is 1. The second-order valence-electron chi connectivity index (χ2n) is 7.22. The first kappa shape index (κ1) is 18.8. The Morgan fingerprint density at radius 1 is 1.21 bits per heavy atom. The molecule has 2 aromatic heterocycles. The Kier molecular flexibility index (Phi) is 4.84. The minimum Gasteiger partial charge on any atom is -0.507 e. The molecule has 1 saturated carbocycles. The number of halogens is 1. The summed E-state index contributed by atoms with van der Waals surface area (Å²) in [5.41, 5.74) is 6.60. The van der Waals surface area contributed by atoms with Crippen LogP contribution in [-0.4, -0.2) is 32.7 Å². The third kappa shape index (κ3) is 3.61. The molecule has 148 valence electrons. The van der Waals surface area contributed by atoms with Gasteiger partial charge in [0.1, 0.15) is 17.4 Å². The molecule has 1 aliphatic rings. The molecule has 0 spiro atoms. The molecule has 0 radical (unpaired) electrons. The van der Waals surface area contributed by atoms with Gasteiger partial charge in [-0.25, -0.2) is 4.39 Å². The number of rotatable bonds is 6. The largest absolute Gasteiger partial charge is 0.507 e. The Morgan fingerprint density at radius 3 is 2.66 bits per heavy atom. The predicted molar refractivity (Wildman–Crippen MR) is 106 cm³/mol. The summed E-state index contributed by atoms with van der Waals surface area (Å²) >= 11 is 0. The molecular weight excluding hydrogens is 373 g/mol. The molecule has 1 aromatic carbocycles. The molecule has 0 aliphatic heterocycles. The molecule has 0 bridgehead atoms. The van der Waals surface area contributed by atoms with Crippen molar-refractivity contribution in [2.24, 2.45) is 5.73 Å². The van der Waals surface area contributed by atoms with Crippen LogP contribution in [-0.2, 0) is 5.41 Å². The highest BCUT2D eigenvalue weighted by Gasteiger charge is 2.41. The number of pyridine rings is 1. The zero-order valence-corrected chi connectivity index (χ0v) is 15.6. The molecular formula is C21H20FN5O2. The molecule has 7 nitrogen and oxygen atoms in total. The molecule has 0 atom stereocenters. The highest BCUT2D eigenvalue weighted by Crippen LogP contribution is 2.43. The van der Waals surface area contributed by atoms with Crippen molar-refractivity contribution in [1.29, 1.82) is 0 Å². The van der Waals surface area contributed by atoms with Gasteiger partial charge in [0, 0.05) is 23.7 Å². The van der Waals surface area contributed by atoms with Crippen molar-refractivity contribution in [2.45, 2.75) is 24.7 Å². The number of amides is 1. The maximum atomic E-state index is 14.2. The number of nitrogens with one attached hydrogen (secondary N) is 1. The van der Waals surface area contributed by atoms with Crippen molar-refractivity contribution in [3.63, 3.8) is 0 Å². The summed E-state index contributed by atoms with van der Waals surface area (Å²) in [7, 11) is 0. The van der Waals surface area contributed by atoms with Crippen LogP contribution < -0.4 is 11.1 Å². The van der Waals surface area contributed by atoms with Crippen LogP contribution in [0.15, 0.2) is 48.7 Å². The van der Waals surface area contributed by atoms with Crippen LogP contribution in [0.25, 0.3) is 11.3 Å². The lowest BCUT2D eigenvalue weighted by Crippen LogP contribution is -2.42. The van der Waals surface area contributed by atoms with Gasteiger partial charge < -0.3 is 16.2 Å². The Balaban J connectivity index is 1.50. The second kappa shape index (κ2) is 7.46. The smallest absolute Gasteiger partial charge is 0.252 e. The van der Waals surface area contributed by atoms with Crippen molar-refractivity contribution in [3.8, 4) is 17.0 Å². The van der Waals surface area contributed by atoms with E-state index < -0.39 is 5.91 Å². The summed E-state index contributed by atoms with van der Waals surface area (Å²) in [6.07, 6.45) is 4.38. The molecule has 0 unspecified atom stereocenters. The number of primary amides is 1. The van der Waals surface area contributed by atoms with Crippen molar-refractivity contribution in [2.75, 3.05) is 11.9 Å². The van der Waals surface area contributed by atoms with Crippen LogP contribution in [0.2, 0.25) is 0 Å². The van der Waals surface area contributed by atoms with Crippen LogP contribution in [0.4, 0.5) is 10.2 Å². The van der Waals surface area contributed by atoms with Crippen molar-refractivity contribution in [3.05, 3.63) is 65.7 Å². The first-order chi connectivity index (χ1) is 14.0. The predicted octanol–water partition coefficient (Wildman–Crippen LogP) is 3.02.